The van der Waals surface area contributed by atoms with Gasteiger partial charge < -0.3 is 5.11 Å². The van der Waals surface area contributed by atoms with Gasteiger partial charge in [0.05, 0.1) is 5.56 Å². The van der Waals surface area contributed by atoms with Crippen molar-refractivity contribution in [3.63, 3.8) is 0 Å². The van der Waals surface area contributed by atoms with E-state index in [-0.39, 0.29) is 5.56 Å². The summed E-state index contributed by atoms with van der Waals surface area (Å²) in [6.45, 7) is 0. The van der Waals surface area contributed by atoms with Crippen molar-refractivity contribution in [2.75, 3.05) is 0 Å². The molecular weight excluding hydrogens is 317 g/mol. The number of benzene rings is 1. The lowest BCUT2D eigenvalue weighted by Crippen LogP contribution is -2.09. The van der Waals surface area contributed by atoms with Crippen LogP contribution in [0.3, 0.4) is 0 Å². The number of nitrogens with zero attached hydrogens (tertiary/aromatic N) is 2. The second-order valence-corrected chi connectivity index (χ2v) is 5.59. The van der Waals surface area contributed by atoms with Crippen molar-refractivity contribution >= 4 is 11.6 Å². The third-order valence-electron chi connectivity index (χ3n) is 3.82. The molecule has 116 valence electrons. The Morgan fingerprint density at radius 1 is 1.05 bits per heavy atom. The highest BCUT2D eigenvalue weighted by Crippen LogP contribution is 2.39. The molecule has 0 spiro atoms. The average molecular weight is 329 g/mol. The van der Waals surface area contributed by atoms with Gasteiger partial charge in [-0.3, -0.25) is 0 Å². The van der Waals surface area contributed by atoms with Gasteiger partial charge in [-0.05, 0) is 55.0 Å². The molecule has 22 heavy (non-hydrogen) atoms. The number of aromatic hydroxyl groups is 1. The molecule has 0 unspecified atom stereocenters. The molecule has 7 heteroatoms. The summed E-state index contributed by atoms with van der Waals surface area (Å²) in [5.74, 6) is -0.459. The Morgan fingerprint density at radius 2 is 1.73 bits per heavy atom. The van der Waals surface area contributed by atoms with Crippen molar-refractivity contribution in [2.24, 2.45) is 0 Å². The minimum Gasteiger partial charge on any atom is -0.507 e. The van der Waals surface area contributed by atoms with Gasteiger partial charge in [-0.1, -0.05) is 11.6 Å². The Bertz CT molecular complexity index is 731. The van der Waals surface area contributed by atoms with Crippen molar-refractivity contribution in [2.45, 2.75) is 31.9 Å². The van der Waals surface area contributed by atoms with Crippen LogP contribution in [0.15, 0.2) is 18.2 Å². The Morgan fingerprint density at radius 3 is 2.36 bits per heavy atom. The maximum atomic E-state index is 12.7. The predicted molar refractivity (Wildman–Crippen MR) is 75.8 cm³/mol. The third-order valence-corrected chi connectivity index (χ3v) is 4.12. The first-order valence-electron chi connectivity index (χ1n) is 6.82. The lowest BCUT2D eigenvalue weighted by atomic mass is 9.89. The Hall–Kier alpha value is -1.82. The van der Waals surface area contributed by atoms with Crippen molar-refractivity contribution in [1.82, 2.24) is 10.2 Å². The summed E-state index contributed by atoms with van der Waals surface area (Å²) >= 11 is 6.04. The van der Waals surface area contributed by atoms with Crippen LogP contribution in [-0.2, 0) is 19.0 Å². The highest BCUT2D eigenvalue weighted by Gasteiger charge is 2.31. The van der Waals surface area contributed by atoms with Crippen LogP contribution in [0.4, 0.5) is 13.2 Å². The largest absolute Gasteiger partial charge is 0.507 e. The van der Waals surface area contributed by atoms with Crippen LogP contribution in [0.1, 0.15) is 29.5 Å². The molecule has 0 saturated carbocycles. The van der Waals surface area contributed by atoms with Crippen molar-refractivity contribution in [3.05, 3.63) is 40.0 Å². The number of hydrogen-bond acceptors (Lipinski definition) is 3. The van der Waals surface area contributed by atoms with E-state index >= 15 is 0 Å². The zero-order chi connectivity index (χ0) is 15.9. The standard InChI is InChI=1S/C15H12ClF3N2O/c16-14-10-4-2-1-3-9(10)13(20-21-14)11-6-5-8(7-12(11)22)15(17,18)19/h5-7,22H,1-4H2. The van der Waals surface area contributed by atoms with E-state index in [0.29, 0.717) is 16.9 Å². The molecule has 0 fully saturated rings. The summed E-state index contributed by atoms with van der Waals surface area (Å²) in [4.78, 5) is 0. The molecule has 1 aromatic heterocycles. The fourth-order valence-electron chi connectivity index (χ4n) is 2.73. The third kappa shape index (κ3) is 2.63. The van der Waals surface area contributed by atoms with E-state index in [1.165, 1.54) is 6.07 Å². The quantitative estimate of drug-likeness (QED) is 0.844. The first-order valence-corrected chi connectivity index (χ1v) is 7.20. The summed E-state index contributed by atoms with van der Waals surface area (Å²) in [5.41, 5.74) is 1.49. The van der Waals surface area contributed by atoms with Crippen LogP contribution in [0.2, 0.25) is 5.15 Å². The van der Waals surface area contributed by atoms with E-state index < -0.39 is 17.5 Å². The average Bonchev–Trinajstić information content (AvgIpc) is 2.47. The number of phenolic OH excluding ortho intramolecular Hbond substituents is 1. The van der Waals surface area contributed by atoms with E-state index in [9.17, 15) is 18.3 Å². The number of alkyl halides is 3. The van der Waals surface area contributed by atoms with Gasteiger partial charge in [-0.2, -0.15) is 13.2 Å². The molecule has 3 nitrogen and oxygen atoms in total. The molecule has 1 aliphatic rings. The van der Waals surface area contributed by atoms with Gasteiger partial charge in [0.15, 0.2) is 5.15 Å². The van der Waals surface area contributed by atoms with Crippen LogP contribution in [0, 0.1) is 0 Å². The van der Waals surface area contributed by atoms with Crippen LogP contribution in [0.25, 0.3) is 11.3 Å². The van der Waals surface area contributed by atoms with Gasteiger partial charge in [-0.25, -0.2) is 0 Å². The van der Waals surface area contributed by atoms with Gasteiger partial charge in [-0.15, -0.1) is 10.2 Å². The smallest absolute Gasteiger partial charge is 0.416 e. The molecule has 3 rings (SSSR count). The molecule has 0 radical (unpaired) electrons. The highest BCUT2D eigenvalue weighted by atomic mass is 35.5. The Labute approximate surface area is 129 Å². The normalized spacial score (nSPS) is 14.7. The Balaban J connectivity index is 2.13. The number of fused-ring (bicyclic) bond motifs is 1. The summed E-state index contributed by atoms with van der Waals surface area (Å²) < 4.78 is 38.0. The van der Waals surface area contributed by atoms with Gasteiger partial charge in [0, 0.05) is 5.56 Å². The first-order chi connectivity index (χ1) is 10.4. The van der Waals surface area contributed by atoms with Gasteiger partial charge in [0.2, 0.25) is 0 Å². The molecule has 1 aliphatic carbocycles. The molecule has 0 saturated heterocycles. The van der Waals surface area contributed by atoms with Gasteiger partial charge in [0.25, 0.3) is 0 Å². The number of hydrogen-bond donors (Lipinski definition) is 1. The van der Waals surface area contributed by atoms with E-state index in [4.69, 9.17) is 11.6 Å². The number of phenols is 1. The highest BCUT2D eigenvalue weighted by molar-refractivity contribution is 6.30. The fourth-order valence-corrected chi connectivity index (χ4v) is 2.98. The number of halogens is 4. The van der Waals surface area contributed by atoms with E-state index in [0.717, 1.165) is 42.9 Å². The van der Waals surface area contributed by atoms with E-state index in [1.807, 2.05) is 0 Å². The minimum atomic E-state index is -4.50. The summed E-state index contributed by atoms with van der Waals surface area (Å²) in [6.07, 6.45) is -1.08. The molecule has 0 atom stereocenters. The van der Waals surface area contributed by atoms with E-state index in [1.54, 1.807) is 0 Å². The summed E-state index contributed by atoms with van der Waals surface area (Å²) in [5, 5.41) is 18.2. The number of aromatic nitrogens is 2. The monoisotopic (exact) mass is 328 g/mol. The lowest BCUT2D eigenvalue weighted by Gasteiger charge is -2.19. The SMILES string of the molecule is Oc1cc(C(F)(F)F)ccc1-c1nnc(Cl)c2c1CCCC2. The molecule has 0 aliphatic heterocycles. The van der Waals surface area contributed by atoms with Crippen molar-refractivity contribution in [3.8, 4) is 17.0 Å². The minimum absolute atomic E-state index is 0.246. The maximum absolute atomic E-state index is 12.7. The van der Waals surface area contributed by atoms with Crippen LogP contribution >= 0.6 is 11.6 Å². The van der Waals surface area contributed by atoms with Crippen LogP contribution in [-0.4, -0.2) is 15.3 Å². The van der Waals surface area contributed by atoms with Gasteiger partial charge in [0.1, 0.15) is 11.4 Å². The van der Waals surface area contributed by atoms with Crippen molar-refractivity contribution < 1.29 is 18.3 Å². The second kappa shape index (κ2) is 5.43. The predicted octanol–water partition coefficient (Wildman–Crippen LogP) is 4.40. The molecule has 0 amide bonds. The maximum Gasteiger partial charge on any atom is 0.416 e. The Kier molecular flexibility index (Phi) is 3.72. The van der Waals surface area contributed by atoms with Gasteiger partial charge >= 0.3 is 6.18 Å². The summed E-state index contributed by atoms with van der Waals surface area (Å²) in [7, 11) is 0. The zero-order valence-corrected chi connectivity index (χ0v) is 12.2. The molecule has 1 heterocycles. The lowest BCUT2D eigenvalue weighted by molar-refractivity contribution is -0.137. The molecular formula is C15H12ClF3N2O. The first kappa shape index (κ1) is 15.1. The molecule has 2 aromatic rings. The molecule has 1 N–H and O–H groups in total. The summed E-state index contributed by atoms with van der Waals surface area (Å²) in [6, 6.07) is 2.87. The van der Waals surface area contributed by atoms with Crippen LogP contribution < -0.4 is 0 Å². The van der Waals surface area contributed by atoms with E-state index in [2.05, 4.69) is 10.2 Å². The number of rotatable bonds is 1. The second-order valence-electron chi connectivity index (χ2n) is 5.23. The molecule has 0 bridgehead atoms. The molecule has 1 aromatic carbocycles. The topological polar surface area (TPSA) is 46.0 Å². The fraction of sp³-hybridized carbons (Fsp3) is 0.333. The van der Waals surface area contributed by atoms with Crippen molar-refractivity contribution in [1.29, 1.82) is 0 Å². The van der Waals surface area contributed by atoms with Crippen LogP contribution in [0.5, 0.6) is 5.75 Å². The zero-order valence-electron chi connectivity index (χ0n) is 11.4.